The van der Waals surface area contributed by atoms with Crippen LogP contribution in [0.2, 0.25) is 0 Å². The Morgan fingerprint density at radius 2 is 1.54 bits per heavy atom. The molecule has 4 heteroatoms. The van der Waals surface area contributed by atoms with Gasteiger partial charge in [-0.15, -0.1) is 0 Å². The van der Waals surface area contributed by atoms with E-state index in [1.807, 2.05) is 6.07 Å². The normalized spacial score (nSPS) is 20.8. The van der Waals surface area contributed by atoms with Crippen LogP contribution in [0.4, 0.5) is 13.2 Å². The number of hydrogen-bond acceptors (Lipinski definition) is 1. The minimum atomic E-state index is -0.982. The Morgan fingerprint density at radius 1 is 0.917 bits per heavy atom. The van der Waals surface area contributed by atoms with Gasteiger partial charge in [-0.3, -0.25) is 4.79 Å². The van der Waals surface area contributed by atoms with Gasteiger partial charge in [0.15, 0.2) is 6.29 Å². The summed E-state index contributed by atoms with van der Waals surface area (Å²) in [6.45, 7) is 2.23. The van der Waals surface area contributed by atoms with Crippen molar-refractivity contribution in [2.24, 2.45) is 5.92 Å². The first kappa shape index (κ1) is 16.7. The maximum Gasteiger partial charge on any atom is 0.155 e. The molecule has 126 valence electrons. The third-order valence-corrected chi connectivity index (χ3v) is 4.99. The second kappa shape index (κ2) is 6.80. The lowest BCUT2D eigenvalue weighted by Crippen LogP contribution is -2.11. The summed E-state index contributed by atoms with van der Waals surface area (Å²) in [6.07, 6.45) is 4.47. The second-order valence-electron chi connectivity index (χ2n) is 6.67. The number of benzene rings is 2. The number of halogens is 3. The lowest BCUT2D eigenvalue weighted by atomic mass is 9.79. The quantitative estimate of drug-likeness (QED) is 0.642. The highest BCUT2D eigenvalue weighted by atomic mass is 19.1. The molecule has 3 rings (SSSR count). The molecule has 0 aromatic heterocycles. The predicted molar refractivity (Wildman–Crippen MR) is 87.5 cm³/mol. The average Bonchev–Trinajstić information content (AvgIpc) is 2.55. The van der Waals surface area contributed by atoms with Crippen LogP contribution in [0.15, 0.2) is 30.3 Å². The van der Waals surface area contributed by atoms with Gasteiger partial charge in [-0.1, -0.05) is 31.9 Å². The van der Waals surface area contributed by atoms with Crippen LogP contribution >= 0.6 is 0 Å². The van der Waals surface area contributed by atoms with Gasteiger partial charge in [-0.05, 0) is 54.0 Å². The van der Waals surface area contributed by atoms with Crippen molar-refractivity contribution >= 4 is 6.29 Å². The van der Waals surface area contributed by atoms with Crippen molar-refractivity contribution in [1.29, 1.82) is 0 Å². The summed E-state index contributed by atoms with van der Waals surface area (Å²) in [5.74, 6) is -1.40. The van der Waals surface area contributed by atoms with Crippen molar-refractivity contribution < 1.29 is 18.0 Å². The van der Waals surface area contributed by atoms with Crippen LogP contribution in [0.5, 0.6) is 0 Å². The number of carbonyl (C=O) groups is 1. The smallest absolute Gasteiger partial charge is 0.155 e. The van der Waals surface area contributed by atoms with Crippen molar-refractivity contribution in [2.45, 2.75) is 38.5 Å². The Balaban J connectivity index is 1.92. The zero-order valence-corrected chi connectivity index (χ0v) is 13.5. The average molecular weight is 332 g/mol. The molecule has 0 heterocycles. The van der Waals surface area contributed by atoms with Crippen LogP contribution in [0.1, 0.15) is 54.4 Å². The van der Waals surface area contributed by atoms with E-state index >= 15 is 0 Å². The molecule has 0 unspecified atom stereocenters. The van der Waals surface area contributed by atoms with Gasteiger partial charge in [-0.2, -0.15) is 0 Å². The Kier molecular flexibility index (Phi) is 4.74. The molecule has 0 radical (unpaired) electrons. The molecule has 0 aliphatic heterocycles. The number of rotatable bonds is 3. The van der Waals surface area contributed by atoms with Crippen LogP contribution in [0.3, 0.4) is 0 Å². The summed E-state index contributed by atoms with van der Waals surface area (Å²) in [7, 11) is 0. The maximum absolute atomic E-state index is 14.5. The van der Waals surface area contributed by atoms with E-state index in [9.17, 15) is 18.0 Å². The molecular weight excluding hydrogens is 313 g/mol. The van der Waals surface area contributed by atoms with E-state index in [2.05, 4.69) is 6.92 Å². The van der Waals surface area contributed by atoms with Crippen LogP contribution in [-0.2, 0) is 0 Å². The van der Waals surface area contributed by atoms with Crippen LogP contribution < -0.4 is 0 Å². The van der Waals surface area contributed by atoms with Crippen molar-refractivity contribution in [3.05, 3.63) is 58.9 Å². The van der Waals surface area contributed by atoms with E-state index in [1.54, 1.807) is 6.07 Å². The molecule has 0 bridgehead atoms. The molecule has 2 aromatic rings. The van der Waals surface area contributed by atoms with E-state index in [-0.39, 0.29) is 17.4 Å². The Bertz CT molecular complexity index is 738. The zero-order chi connectivity index (χ0) is 17.3. The largest absolute Gasteiger partial charge is 0.298 e. The monoisotopic (exact) mass is 332 g/mol. The Hall–Kier alpha value is -2.10. The lowest BCUT2D eigenvalue weighted by molar-refractivity contribution is 0.111. The van der Waals surface area contributed by atoms with Crippen molar-refractivity contribution in [2.75, 3.05) is 0 Å². The van der Waals surface area contributed by atoms with E-state index in [0.717, 1.165) is 43.4 Å². The van der Waals surface area contributed by atoms with E-state index in [1.165, 1.54) is 6.07 Å². The fourth-order valence-corrected chi connectivity index (χ4v) is 3.47. The fraction of sp³-hybridized carbons (Fsp3) is 0.350. The van der Waals surface area contributed by atoms with E-state index in [4.69, 9.17) is 0 Å². The fourth-order valence-electron chi connectivity index (χ4n) is 3.47. The van der Waals surface area contributed by atoms with Gasteiger partial charge in [0.05, 0.1) is 5.56 Å². The summed E-state index contributed by atoms with van der Waals surface area (Å²) >= 11 is 0. The molecule has 2 aromatic carbocycles. The van der Waals surface area contributed by atoms with E-state index in [0.29, 0.717) is 11.8 Å². The van der Waals surface area contributed by atoms with Crippen molar-refractivity contribution in [1.82, 2.24) is 0 Å². The van der Waals surface area contributed by atoms with Crippen LogP contribution in [-0.4, -0.2) is 6.29 Å². The molecule has 0 spiro atoms. The van der Waals surface area contributed by atoms with Gasteiger partial charge >= 0.3 is 0 Å². The highest BCUT2D eigenvalue weighted by Gasteiger charge is 2.21. The van der Waals surface area contributed by atoms with Crippen molar-refractivity contribution in [3.63, 3.8) is 0 Å². The van der Waals surface area contributed by atoms with Crippen molar-refractivity contribution in [3.8, 4) is 11.1 Å². The summed E-state index contributed by atoms with van der Waals surface area (Å²) in [6, 6.07) is 6.86. The van der Waals surface area contributed by atoms with Gasteiger partial charge in [0.25, 0.3) is 0 Å². The number of hydrogen-bond donors (Lipinski definition) is 0. The minimum absolute atomic E-state index is 0.0944. The number of aldehydes is 1. The molecular formula is C20H19F3O. The summed E-state index contributed by atoms with van der Waals surface area (Å²) in [4.78, 5) is 10.7. The zero-order valence-electron chi connectivity index (χ0n) is 13.5. The van der Waals surface area contributed by atoms with Gasteiger partial charge in [0.2, 0.25) is 0 Å². The highest BCUT2D eigenvalue weighted by Crippen LogP contribution is 2.37. The first-order valence-electron chi connectivity index (χ1n) is 8.23. The first-order chi connectivity index (χ1) is 11.5. The second-order valence-corrected chi connectivity index (χ2v) is 6.67. The number of carbonyl (C=O) groups excluding carboxylic acids is 1. The summed E-state index contributed by atoms with van der Waals surface area (Å²) < 4.78 is 42.0. The highest BCUT2D eigenvalue weighted by molar-refractivity contribution is 5.78. The summed E-state index contributed by atoms with van der Waals surface area (Å²) in [5.41, 5.74) is 0.538. The molecule has 1 saturated carbocycles. The molecule has 0 N–H and O–H groups in total. The van der Waals surface area contributed by atoms with Crippen LogP contribution in [0, 0.1) is 23.4 Å². The Morgan fingerprint density at radius 3 is 2.08 bits per heavy atom. The molecule has 0 amide bonds. The molecule has 1 fully saturated rings. The standard InChI is InChI=1S/C20H19F3O/c1-12-2-4-13(5-3-12)14-6-7-16(18(21)8-14)15-9-19(22)17(11-24)20(23)10-15/h6-13H,2-5H2,1H3. The van der Waals surface area contributed by atoms with Gasteiger partial charge in [0, 0.05) is 5.56 Å². The van der Waals surface area contributed by atoms with Gasteiger partial charge < -0.3 is 0 Å². The molecule has 0 saturated heterocycles. The van der Waals surface area contributed by atoms with Crippen LogP contribution in [0.25, 0.3) is 11.1 Å². The molecule has 1 aliphatic rings. The first-order valence-corrected chi connectivity index (χ1v) is 8.23. The van der Waals surface area contributed by atoms with Gasteiger partial charge in [-0.25, -0.2) is 13.2 Å². The minimum Gasteiger partial charge on any atom is -0.298 e. The summed E-state index contributed by atoms with van der Waals surface area (Å²) in [5, 5.41) is 0. The van der Waals surface area contributed by atoms with Gasteiger partial charge in [0.1, 0.15) is 17.5 Å². The molecule has 24 heavy (non-hydrogen) atoms. The maximum atomic E-state index is 14.5. The predicted octanol–water partition coefficient (Wildman–Crippen LogP) is 5.88. The molecule has 0 atom stereocenters. The lowest BCUT2D eigenvalue weighted by Gasteiger charge is -2.26. The SMILES string of the molecule is CC1CCC(c2ccc(-c3cc(F)c(C=O)c(F)c3)c(F)c2)CC1. The topological polar surface area (TPSA) is 17.1 Å². The third-order valence-electron chi connectivity index (χ3n) is 4.99. The molecule has 1 aliphatic carbocycles. The third kappa shape index (κ3) is 3.23. The van der Waals surface area contributed by atoms with E-state index < -0.39 is 23.0 Å². The molecule has 1 nitrogen and oxygen atoms in total. The Labute approximate surface area is 139 Å².